The molecule has 1 N–H and O–H groups in total. The van der Waals surface area contributed by atoms with Gasteiger partial charge in [0.05, 0.1) is 0 Å². The number of likely N-dealkylation sites (N-methyl/N-ethyl adjacent to an activating group) is 1. The van der Waals surface area contributed by atoms with Crippen LogP contribution in [0.25, 0.3) is 0 Å². The predicted octanol–water partition coefficient (Wildman–Crippen LogP) is 4.40. The fraction of sp³-hybridized carbons (Fsp3) is 0.250. The fourth-order valence-electron chi connectivity index (χ4n) is 2.35. The second-order valence-electron chi connectivity index (χ2n) is 4.49. The fourth-order valence-corrected chi connectivity index (χ4v) is 2.60. The van der Waals surface area contributed by atoms with Crippen LogP contribution in [-0.2, 0) is 0 Å². The lowest BCUT2D eigenvalue weighted by atomic mass is 9.88. The average molecular weight is 260 g/mol. The summed E-state index contributed by atoms with van der Waals surface area (Å²) in [7, 11) is 1.98. The van der Waals surface area contributed by atoms with Crippen molar-refractivity contribution in [2.75, 3.05) is 7.05 Å². The van der Waals surface area contributed by atoms with Gasteiger partial charge in [-0.05, 0) is 24.2 Å². The van der Waals surface area contributed by atoms with Crippen LogP contribution in [0.5, 0.6) is 0 Å². The highest BCUT2D eigenvalue weighted by atomic mass is 35.5. The molecular formula is C16H18ClN. The van der Waals surface area contributed by atoms with Gasteiger partial charge in [-0.25, -0.2) is 0 Å². The molecule has 18 heavy (non-hydrogen) atoms. The van der Waals surface area contributed by atoms with Crippen LogP contribution in [0.15, 0.2) is 54.6 Å². The average Bonchev–Trinajstić information content (AvgIpc) is 2.42. The minimum absolute atomic E-state index is 0.223. The minimum atomic E-state index is 0.223. The first-order valence-electron chi connectivity index (χ1n) is 6.20. The van der Waals surface area contributed by atoms with Crippen LogP contribution in [0.4, 0.5) is 0 Å². The van der Waals surface area contributed by atoms with Gasteiger partial charge in [0.1, 0.15) is 0 Å². The number of nitrogens with one attached hydrogen (secondary N) is 1. The highest BCUT2D eigenvalue weighted by Gasteiger charge is 2.20. The lowest BCUT2D eigenvalue weighted by Crippen LogP contribution is -2.22. The van der Waals surface area contributed by atoms with Gasteiger partial charge in [0.2, 0.25) is 0 Å². The molecule has 0 spiro atoms. The molecular weight excluding hydrogens is 242 g/mol. The topological polar surface area (TPSA) is 12.0 Å². The maximum atomic E-state index is 6.29. The van der Waals surface area contributed by atoms with E-state index in [1.54, 1.807) is 0 Å². The zero-order chi connectivity index (χ0) is 13.0. The van der Waals surface area contributed by atoms with Crippen molar-refractivity contribution < 1.29 is 0 Å². The van der Waals surface area contributed by atoms with Crippen molar-refractivity contribution in [1.82, 2.24) is 5.32 Å². The van der Waals surface area contributed by atoms with Crippen molar-refractivity contribution in [3.8, 4) is 0 Å². The molecule has 0 heterocycles. The van der Waals surface area contributed by atoms with Crippen LogP contribution in [0.1, 0.15) is 30.0 Å². The van der Waals surface area contributed by atoms with E-state index in [0.29, 0.717) is 5.92 Å². The molecule has 1 nitrogen and oxygen atoms in total. The van der Waals surface area contributed by atoms with E-state index < -0.39 is 0 Å². The van der Waals surface area contributed by atoms with E-state index in [2.05, 4.69) is 42.6 Å². The number of hydrogen-bond acceptors (Lipinski definition) is 1. The molecule has 0 radical (unpaired) electrons. The lowest BCUT2D eigenvalue weighted by molar-refractivity contribution is 0.508. The molecule has 0 aromatic heterocycles. The van der Waals surface area contributed by atoms with Gasteiger partial charge in [-0.1, -0.05) is 67.1 Å². The largest absolute Gasteiger partial charge is 0.312 e. The molecule has 0 aliphatic carbocycles. The number of hydrogen-bond donors (Lipinski definition) is 1. The molecule has 94 valence electrons. The summed E-state index contributed by atoms with van der Waals surface area (Å²) in [6, 6.07) is 18.8. The summed E-state index contributed by atoms with van der Waals surface area (Å²) in [5, 5.41) is 4.19. The maximum absolute atomic E-state index is 6.29. The predicted molar refractivity (Wildman–Crippen MR) is 78.1 cm³/mol. The van der Waals surface area contributed by atoms with Crippen LogP contribution < -0.4 is 5.32 Å². The number of halogens is 1. The molecule has 2 aromatic rings. The maximum Gasteiger partial charge on any atom is 0.0454 e. The van der Waals surface area contributed by atoms with E-state index in [-0.39, 0.29) is 6.04 Å². The van der Waals surface area contributed by atoms with Crippen molar-refractivity contribution in [2.45, 2.75) is 18.9 Å². The first-order chi connectivity index (χ1) is 8.74. The molecule has 0 aliphatic heterocycles. The van der Waals surface area contributed by atoms with E-state index in [1.807, 2.05) is 31.3 Å². The lowest BCUT2D eigenvalue weighted by Gasteiger charge is -2.25. The van der Waals surface area contributed by atoms with Gasteiger partial charge in [-0.2, -0.15) is 0 Å². The van der Waals surface area contributed by atoms with Gasteiger partial charge in [-0.3, -0.25) is 0 Å². The van der Waals surface area contributed by atoms with Crippen molar-refractivity contribution in [2.24, 2.45) is 0 Å². The van der Waals surface area contributed by atoms with Gasteiger partial charge in [0, 0.05) is 17.0 Å². The third-order valence-corrected chi connectivity index (χ3v) is 3.72. The Hall–Kier alpha value is -1.31. The first kappa shape index (κ1) is 13.1. The standard InChI is InChI=1S/C16H18ClN/c1-12(13-8-4-3-5-9-13)16(18-2)14-10-6-7-11-15(14)17/h3-12,16,18H,1-2H3. The monoisotopic (exact) mass is 259 g/mol. The zero-order valence-electron chi connectivity index (χ0n) is 10.7. The minimum Gasteiger partial charge on any atom is -0.312 e. The molecule has 2 rings (SSSR count). The van der Waals surface area contributed by atoms with Gasteiger partial charge in [0.25, 0.3) is 0 Å². The quantitative estimate of drug-likeness (QED) is 0.858. The smallest absolute Gasteiger partial charge is 0.0454 e. The molecule has 0 bridgehead atoms. The van der Waals surface area contributed by atoms with Crippen molar-refractivity contribution >= 4 is 11.6 Å². The summed E-state index contributed by atoms with van der Waals surface area (Å²) in [6.07, 6.45) is 0. The number of rotatable bonds is 4. The molecule has 0 saturated carbocycles. The molecule has 2 heteroatoms. The molecule has 0 amide bonds. The molecule has 0 saturated heterocycles. The van der Waals surface area contributed by atoms with Crippen LogP contribution in [-0.4, -0.2) is 7.05 Å². The van der Waals surface area contributed by atoms with E-state index in [1.165, 1.54) is 5.56 Å². The van der Waals surface area contributed by atoms with Gasteiger partial charge in [-0.15, -0.1) is 0 Å². The Kier molecular flexibility index (Phi) is 4.40. The second-order valence-corrected chi connectivity index (χ2v) is 4.89. The van der Waals surface area contributed by atoms with E-state index in [4.69, 9.17) is 11.6 Å². The van der Waals surface area contributed by atoms with Crippen molar-refractivity contribution in [3.63, 3.8) is 0 Å². The zero-order valence-corrected chi connectivity index (χ0v) is 11.5. The Morgan fingerprint density at radius 3 is 2.17 bits per heavy atom. The second kappa shape index (κ2) is 6.03. The Morgan fingerprint density at radius 1 is 0.944 bits per heavy atom. The Balaban J connectivity index is 2.32. The van der Waals surface area contributed by atoms with Gasteiger partial charge >= 0.3 is 0 Å². The van der Waals surface area contributed by atoms with E-state index in [9.17, 15) is 0 Å². The first-order valence-corrected chi connectivity index (χ1v) is 6.58. The molecule has 0 fully saturated rings. The summed E-state index contributed by atoms with van der Waals surface area (Å²) in [6.45, 7) is 2.22. The van der Waals surface area contributed by atoms with Crippen molar-refractivity contribution in [3.05, 3.63) is 70.7 Å². The molecule has 2 atom stereocenters. The van der Waals surface area contributed by atoms with Gasteiger partial charge < -0.3 is 5.32 Å². The van der Waals surface area contributed by atoms with Crippen LogP contribution in [0.3, 0.4) is 0 Å². The molecule has 0 aliphatic rings. The Bertz CT molecular complexity index is 495. The Labute approximate surface area is 114 Å². The van der Waals surface area contributed by atoms with Crippen LogP contribution >= 0.6 is 11.6 Å². The van der Waals surface area contributed by atoms with Crippen LogP contribution in [0.2, 0.25) is 5.02 Å². The summed E-state index contributed by atoms with van der Waals surface area (Å²) in [5.41, 5.74) is 2.47. The Morgan fingerprint density at radius 2 is 1.56 bits per heavy atom. The summed E-state index contributed by atoms with van der Waals surface area (Å²) in [4.78, 5) is 0. The summed E-state index contributed by atoms with van der Waals surface area (Å²) < 4.78 is 0. The molecule has 2 aromatic carbocycles. The van der Waals surface area contributed by atoms with E-state index >= 15 is 0 Å². The number of benzene rings is 2. The highest BCUT2D eigenvalue weighted by Crippen LogP contribution is 2.33. The third-order valence-electron chi connectivity index (χ3n) is 3.38. The normalized spacial score (nSPS) is 14.2. The SMILES string of the molecule is CNC(c1ccccc1Cl)C(C)c1ccccc1. The van der Waals surface area contributed by atoms with Gasteiger partial charge in [0.15, 0.2) is 0 Å². The van der Waals surface area contributed by atoms with E-state index in [0.717, 1.165) is 10.6 Å². The third kappa shape index (κ3) is 2.74. The summed E-state index contributed by atoms with van der Waals surface area (Å²) >= 11 is 6.29. The summed E-state index contributed by atoms with van der Waals surface area (Å²) in [5.74, 6) is 0.371. The van der Waals surface area contributed by atoms with Crippen molar-refractivity contribution in [1.29, 1.82) is 0 Å². The molecule has 2 unspecified atom stereocenters. The van der Waals surface area contributed by atoms with Crippen LogP contribution in [0, 0.1) is 0 Å². The highest BCUT2D eigenvalue weighted by molar-refractivity contribution is 6.31.